The van der Waals surface area contributed by atoms with Crippen LogP contribution in [0.25, 0.3) is 0 Å². The maximum absolute atomic E-state index is 7.12. The molecule has 6 heteroatoms. The molecule has 0 bridgehead atoms. The normalized spacial score (nSPS) is 29.7. The number of ether oxygens (including phenoxy) is 1. The second-order valence-corrected chi connectivity index (χ2v) is 2.68. The van der Waals surface area contributed by atoms with Gasteiger partial charge in [0.15, 0.2) is 0 Å². The number of nitrogens with one attached hydrogen (secondary N) is 3. The van der Waals surface area contributed by atoms with Crippen LogP contribution in [0.4, 0.5) is 0 Å². The summed E-state index contributed by atoms with van der Waals surface area (Å²) in [6.45, 7) is 1.03. The van der Waals surface area contributed by atoms with Gasteiger partial charge in [-0.3, -0.25) is 10.8 Å². The molecule has 1 rings (SSSR count). The van der Waals surface area contributed by atoms with E-state index in [9.17, 15) is 0 Å². The minimum atomic E-state index is -0.451. The summed E-state index contributed by atoms with van der Waals surface area (Å²) in [6.07, 6.45) is -0.903. The van der Waals surface area contributed by atoms with Gasteiger partial charge in [-0.2, -0.15) is 0 Å². The highest BCUT2D eigenvalue weighted by molar-refractivity contribution is 5.85. The third kappa shape index (κ3) is 1.93. The van der Waals surface area contributed by atoms with Crippen molar-refractivity contribution in [1.29, 1.82) is 10.8 Å². The van der Waals surface area contributed by atoms with Crippen molar-refractivity contribution in [2.24, 2.45) is 11.5 Å². The predicted octanol–water partition coefficient (Wildman–Crippen LogP) is -1.78. The lowest BCUT2D eigenvalue weighted by atomic mass is 10.2. The fourth-order valence-corrected chi connectivity index (χ4v) is 1.01. The topological polar surface area (TPSA) is 121 Å². The van der Waals surface area contributed by atoms with Crippen LogP contribution in [0.1, 0.15) is 0 Å². The monoisotopic (exact) mass is 171 g/mol. The third-order valence-electron chi connectivity index (χ3n) is 1.68. The average Bonchev–Trinajstić information content (AvgIpc) is 2.04. The molecule has 7 N–H and O–H groups in total. The van der Waals surface area contributed by atoms with Gasteiger partial charge in [0.1, 0.15) is 23.9 Å². The molecule has 68 valence electrons. The maximum Gasteiger partial charge on any atom is 0.127 e. The number of hydrogen-bond acceptors (Lipinski definition) is 4. The summed E-state index contributed by atoms with van der Waals surface area (Å²) in [5.74, 6) is -0.0677. The molecule has 6 nitrogen and oxygen atoms in total. The van der Waals surface area contributed by atoms with E-state index in [-0.39, 0.29) is 11.7 Å². The second-order valence-electron chi connectivity index (χ2n) is 2.68. The van der Waals surface area contributed by atoms with Gasteiger partial charge < -0.3 is 21.5 Å². The SMILES string of the molecule is N=C(N)C1CNCC(C(=N)N)O1. The minimum Gasteiger partial charge on any atom is -0.385 e. The first kappa shape index (κ1) is 8.95. The van der Waals surface area contributed by atoms with E-state index in [1.165, 1.54) is 0 Å². The maximum atomic E-state index is 7.12. The third-order valence-corrected chi connectivity index (χ3v) is 1.68. The van der Waals surface area contributed by atoms with Gasteiger partial charge in [-0.25, -0.2) is 0 Å². The largest absolute Gasteiger partial charge is 0.385 e. The lowest BCUT2D eigenvalue weighted by Gasteiger charge is -2.29. The number of amidine groups is 2. The van der Waals surface area contributed by atoms with Gasteiger partial charge in [0.05, 0.1) is 0 Å². The van der Waals surface area contributed by atoms with Crippen molar-refractivity contribution in [3.05, 3.63) is 0 Å². The van der Waals surface area contributed by atoms with Crippen LogP contribution in [0.2, 0.25) is 0 Å². The van der Waals surface area contributed by atoms with Gasteiger partial charge in [0, 0.05) is 13.1 Å². The zero-order valence-electron chi connectivity index (χ0n) is 6.63. The Kier molecular flexibility index (Phi) is 2.61. The number of hydrogen-bond donors (Lipinski definition) is 5. The van der Waals surface area contributed by atoms with Gasteiger partial charge in [-0.1, -0.05) is 0 Å². The summed E-state index contributed by atoms with van der Waals surface area (Å²) in [6, 6.07) is 0. The van der Waals surface area contributed by atoms with Crippen LogP contribution in [0, 0.1) is 10.8 Å². The molecule has 0 radical (unpaired) electrons. The number of morpholine rings is 1. The van der Waals surface area contributed by atoms with Gasteiger partial charge in [0.25, 0.3) is 0 Å². The summed E-state index contributed by atoms with van der Waals surface area (Å²) in [5, 5.41) is 17.2. The van der Waals surface area contributed by atoms with Crippen molar-refractivity contribution in [2.45, 2.75) is 12.2 Å². The molecule has 0 aromatic carbocycles. The number of rotatable bonds is 2. The van der Waals surface area contributed by atoms with Crippen molar-refractivity contribution in [2.75, 3.05) is 13.1 Å². The van der Waals surface area contributed by atoms with E-state index < -0.39 is 12.2 Å². The highest BCUT2D eigenvalue weighted by atomic mass is 16.5. The fourth-order valence-electron chi connectivity index (χ4n) is 1.01. The van der Waals surface area contributed by atoms with Gasteiger partial charge >= 0.3 is 0 Å². The van der Waals surface area contributed by atoms with E-state index in [0.29, 0.717) is 13.1 Å². The van der Waals surface area contributed by atoms with Crippen molar-refractivity contribution in [3.63, 3.8) is 0 Å². The molecule has 1 saturated heterocycles. The zero-order valence-corrected chi connectivity index (χ0v) is 6.63. The number of nitrogens with two attached hydrogens (primary N) is 2. The molecule has 0 aromatic rings. The molecular weight excluding hydrogens is 158 g/mol. The molecule has 0 aromatic heterocycles. The molecule has 0 spiro atoms. The summed E-state index contributed by atoms with van der Waals surface area (Å²) >= 11 is 0. The van der Waals surface area contributed by atoms with Crippen molar-refractivity contribution < 1.29 is 4.74 Å². The first-order valence-electron chi connectivity index (χ1n) is 3.65. The Morgan fingerprint density at radius 1 is 1.17 bits per heavy atom. The van der Waals surface area contributed by atoms with Crippen LogP contribution in [0.5, 0.6) is 0 Å². The standard InChI is InChI=1S/C6H13N5O/c7-5(8)3-1-11-2-4(12-3)6(9)10/h3-4,11H,1-2H2,(H3,7,8)(H3,9,10). The molecule has 12 heavy (non-hydrogen) atoms. The van der Waals surface area contributed by atoms with E-state index in [1.54, 1.807) is 0 Å². The molecule has 1 fully saturated rings. The van der Waals surface area contributed by atoms with Gasteiger partial charge in [-0.15, -0.1) is 0 Å². The van der Waals surface area contributed by atoms with Gasteiger partial charge in [0.2, 0.25) is 0 Å². The lowest BCUT2D eigenvalue weighted by Crippen LogP contribution is -2.53. The summed E-state index contributed by atoms with van der Waals surface area (Å²) < 4.78 is 5.25. The van der Waals surface area contributed by atoms with E-state index in [1.807, 2.05) is 0 Å². The van der Waals surface area contributed by atoms with Crippen LogP contribution in [-0.4, -0.2) is 37.0 Å². The fraction of sp³-hybridized carbons (Fsp3) is 0.667. The van der Waals surface area contributed by atoms with Crippen LogP contribution < -0.4 is 16.8 Å². The Hall–Kier alpha value is -1.14. The molecule has 1 aliphatic rings. The molecule has 2 atom stereocenters. The highest BCUT2D eigenvalue weighted by Gasteiger charge is 2.25. The Morgan fingerprint density at radius 2 is 1.58 bits per heavy atom. The van der Waals surface area contributed by atoms with Crippen LogP contribution in [0.3, 0.4) is 0 Å². The summed E-state index contributed by atoms with van der Waals surface area (Å²) in [4.78, 5) is 0. The van der Waals surface area contributed by atoms with Crippen LogP contribution in [-0.2, 0) is 4.74 Å². The molecule has 0 saturated carbocycles. The zero-order chi connectivity index (χ0) is 9.14. The Labute approximate surface area is 70.3 Å². The van der Waals surface area contributed by atoms with Crippen LogP contribution >= 0.6 is 0 Å². The van der Waals surface area contributed by atoms with Gasteiger partial charge in [-0.05, 0) is 0 Å². The summed E-state index contributed by atoms with van der Waals surface area (Å²) in [7, 11) is 0. The quantitative estimate of drug-likeness (QED) is 0.249. The molecule has 1 heterocycles. The molecular formula is C6H13N5O. The first-order valence-corrected chi connectivity index (χ1v) is 3.65. The van der Waals surface area contributed by atoms with E-state index in [4.69, 9.17) is 27.0 Å². The van der Waals surface area contributed by atoms with Crippen molar-refractivity contribution in [3.8, 4) is 0 Å². The molecule has 0 aliphatic carbocycles. The predicted molar refractivity (Wildman–Crippen MR) is 45.4 cm³/mol. The molecule has 0 amide bonds. The summed E-state index contributed by atoms with van der Waals surface area (Å²) in [5.41, 5.74) is 10.5. The van der Waals surface area contributed by atoms with E-state index >= 15 is 0 Å². The van der Waals surface area contributed by atoms with E-state index in [2.05, 4.69) is 5.32 Å². The lowest BCUT2D eigenvalue weighted by molar-refractivity contribution is 0.0341. The highest BCUT2D eigenvalue weighted by Crippen LogP contribution is 2.02. The molecule has 2 unspecified atom stereocenters. The Balaban J connectivity index is 2.51. The first-order chi connectivity index (χ1) is 5.61. The second kappa shape index (κ2) is 3.51. The van der Waals surface area contributed by atoms with Crippen molar-refractivity contribution in [1.82, 2.24) is 5.32 Å². The average molecular weight is 171 g/mol. The van der Waals surface area contributed by atoms with Crippen molar-refractivity contribution >= 4 is 11.7 Å². The smallest absolute Gasteiger partial charge is 0.127 e. The molecule has 1 aliphatic heterocycles. The Morgan fingerprint density at radius 3 is 1.92 bits per heavy atom. The van der Waals surface area contributed by atoms with Crippen LogP contribution in [0.15, 0.2) is 0 Å². The Bertz CT molecular complexity index is 184. The van der Waals surface area contributed by atoms with E-state index in [0.717, 1.165) is 0 Å². The minimum absolute atomic E-state index is 0.0338.